The highest BCUT2D eigenvalue weighted by Gasteiger charge is 2.85. The highest BCUT2D eigenvalue weighted by Crippen LogP contribution is 2.77. The number of phenols is 1. The minimum atomic E-state index is -1.81. The van der Waals surface area contributed by atoms with Crippen LogP contribution in [0.1, 0.15) is 76.1 Å². The Labute approximate surface area is 269 Å². The molecular weight excluding hydrogens is 594 g/mol. The van der Waals surface area contributed by atoms with Gasteiger partial charge >= 0.3 is 5.97 Å². The number of fused-ring (bicyclic) bond motifs is 5. The van der Waals surface area contributed by atoms with Crippen LogP contribution >= 0.6 is 0 Å². The smallest absolute Gasteiger partial charge is 0.338 e. The highest BCUT2D eigenvalue weighted by molar-refractivity contribution is 5.90. The Morgan fingerprint density at radius 2 is 1.76 bits per heavy atom. The van der Waals surface area contributed by atoms with Crippen LogP contribution in [0.5, 0.6) is 11.5 Å². The summed E-state index contributed by atoms with van der Waals surface area (Å²) in [6.45, 7) is 7.55. The summed E-state index contributed by atoms with van der Waals surface area (Å²) in [5.41, 5.74) is -4.38. The van der Waals surface area contributed by atoms with Gasteiger partial charge in [-0.2, -0.15) is 0 Å². The second-order valence-corrected chi connectivity index (χ2v) is 16.4. The van der Waals surface area contributed by atoms with Crippen LogP contribution in [0, 0.1) is 40.9 Å². The van der Waals surface area contributed by atoms with Gasteiger partial charge in [-0.1, -0.05) is 13.8 Å². The van der Waals surface area contributed by atoms with Crippen LogP contribution in [0.3, 0.4) is 0 Å². The third-order valence-electron chi connectivity index (χ3n) is 14.5. The number of hydrogen-bond donors (Lipinski definition) is 6. The van der Waals surface area contributed by atoms with E-state index in [4.69, 9.17) is 14.2 Å². The summed E-state index contributed by atoms with van der Waals surface area (Å²) in [5, 5.41) is 70.9. The van der Waals surface area contributed by atoms with Crippen LogP contribution in [0.15, 0.2) is 18.2 Å². The van der Waals surface area contributed by atoms with Crippen LogP contribution in [0.25, 0.3) is 0 Å². The van der Waals surface area contributed by atoms with E-state index in [1.807, 2.05) is 0 Å². The number of carbonyl (C=O) groups is 1. The number of carbonyl (C=O) groups excluding carboxylic acids is 1. The average molecular weight is 644 g/mol. The van der Waals surface area contributed by atoms with Gasteiger partial charge in [0.25, 0.3) is 0 Å². The van der Waals surface area contributed by atoms with E-state index in [0.717, 1.165) is 19.4 Å². The number of aromatic hydroxyl groups is 1. The van der Waals surface area contributed by atoms with E-state index in [-0.39, 0.29) is 34.9 Å². The van der Waals surface area contributed by atoms with Gasteiger partial charge in [0.2, 0.25) is 5.79 Å². The molecule has 46 heavy (non-hydrogen) atoms. The molecule has 3 heterocycles. The molecule has 254 valence electrons. The van der Waals surface area contributed by atoms with Crippen molar-refractivity contribution in [2.45, 2.75) is 113 Å². The number of methoxy groups -OCH3 is 1. The Morgan fingerprint density at radius 1 is 1.02 bits per heavy atom. The summed E-state index contributed by atoms with van der Waals surface area (Å²) in [4.78, 5) is 15.7. The topological polar surface area (TPSA) is 169 Å². The van der Waals surface area contributed by atoms with Crippen LogP contribution < -0.4 is 4.74 Å². The summed E-state index contributed by atoms with van der Waals surface area (Å²) in [5.74, 6) is -4.32. The first kappa shape index (κ1) is 31.3. The third kappa shape index (κ3) is 3.66. The normalized spacial score (nSPS) is 53.8. The zero-order valence-corrected chi connectivity index (χ0v) is 27.1. The molecule has 0 radical (unpaired) electrons. The van der Waals surface area contributed by atoms with Gasteiger partial charge in [0.15, 0.2) is 17.6 Å². The second kappa shape index (κ2) is 9.80. The molecule has 11 heteroatoms. The van der Waals surface area contributed by atoms with Gasteiger partial charge in [-0.25, -0.2) is 4.79 Å². The zero-order chi connectivity index (χ0) is 32.8. The molecule has 6 N–H and O–H groups in total. The Hall–Kier alpha value is -1.99. The summed E-state index contributed by atoms with van der Waals surface area (Å²) >= 11 is 0. The summed E-state index contributed by atoms with van der Waals surface area (Å²) in [6, 6.07) is 4.05. The molecule has 0 amide bonds. The number of esters is 1. The van der Waals surface area contributed by atoms with E-state index >= 15 is 0 Å². The molecule has 1 spiro atoms. The van der Waals surface area contributed by atoms with Crippen molar-refractivity contribution in [2.24, 2.45) is 40.9 Å². The largest absolute Gasteiger partial charge is 0.504 e. The molecule has 11 nitrogen and oxygen atoms in total. The standard InChI is InChI=1S/C35H49NO10/c1-17-5-10-25-32(3,41)27-19(16-36(25)15-17)20-14-33-24(34(20,42)29(39)28(27)38)9-8-23-31(33,2)12-11-26(35(23,43)46-33)45-30(40)18-6-7-21(37)22(13-18)44-4/h6-7,13,17,19-20,23-29,37-39,41-43H,5,8-12,14-16H2,1-4H3/t17-,19+,20-,23-,24+,25-,26-,27+,28+,29-,31-,32+,33+,34-,35-/m0/s1. The maximum absolute atomic E-state index is 13.3. The molecule has 0 unspecified atom stereocenters. The molecule has 8 rings (SSSR count). The summed E-state index contributed by atoms with van der Waals surface area (Å²) in [7, 11) is 1.39. The van der Waals surface area contributed by atoms with Crippen LogP contribution in [0.4, 0.5) is 0 Å². The van der Waals surface area contributed by atoms with E-state index in [2.05, 4.69) is 18.7 Å². The number of aliphatic hydroxyl groups is 5. The van der Waals surface area contributed by atoms with Crippen LogP contribution in [-0.2, 0) is 9.47 Å². The van der Waals surface area contributed by atoms with Crippen molar-refractivity contribution in [3.05, 3.63) is 23.8 Å². The van der Waals surface area contributed by atoms with Crippen molar-refractivity contribution >= 4 is 5.97 Å². The van der Waals surface area contributed by atoms with Gasteiger partial charge in [-0.15, -0.1) is 0 Å². The number of piperidine rings is 2. The Kier molecular flexibility index (Phi) is 6.67. The zero-order valence-electron chi connectivity index (χ0n) is 27.1. The van der Waals surface area contributed by atoms with Crippen molar-refractivity contribution in [1.82, 2.24) is 4.90 Å². The molecule has 7 aliphatic rings. The first-order valence-electron chi connectivity index (χ1n) is 17.2. The van der Waals surface area contributed by atoms with Crippen LogP contribution in [0.2, 0.25) is 0 Å². The van der Waals surface area contributed by atoms with Crippen molar-refractivity contribution in [3.63, 3.8) is 0 Å². The lowest BCUT2D eigenvalue weighted by Crippen LogP contribution is -2.76. The van der Waals surface area contributed by atoms with Crippen LogP contribution in [-0.4, -0.2) is 109 Å². The number of phenolic OH excluding ortho intramolecular Hbond substituents is 1. The molecule has 0 aromatic heterocycles. The molecule has 4 aliphatic carbocycles. The molecule has 1 aromatic rings. The maximum atomic E-state index is 13.3. The van der Waals surface area contributed by atoms with Gasteiger partial charge in [-0.3, -0.25) is 4.90 Å². The predicted molar refractivity (Wildman–Crippen MR) is 163 cm³/mol. The van der Waals surface area contributed by atoms with E-state index in [0.29, 0.717) is 44.6 Å². The fourth-order valence-electron chi connectivity index (χ4n) is 12.5. The minimum absolute atomic E-state index is 0.107. The predicted octanol–water partition coefficient (Wildman–Crippen LogP) is 1.79. The SMILES string of the molecule is COc1cc(C(=O)O[C@H]2CC[C@@]3(C)[C@@H]4CC[C@H]5[C@]6(O)[C@@H](O)[C@H](O)[C@H]7[C@H](CN8C[C@@H](C)CC[C@H]8[C@@]7(C)O)[C@@H]6C[C@@]53O[C@]24O)ccc1O. The average Bonchev–Trinajstić information content (AvgIpc) is 3.25. The van der Waals surface area contributed by atoms with E-state index in [1.165, 1.54) is 25.3 Å². The number of ether oxygens (including phenoxy) is 3. The Balaban J connectivity index is 1.15. The van der Waals surface area contributed by atoms with Crippen molar-refractivity contribution < 1.29 is 49.6 Å². The summed E-state index contributed by atoms with van der Waals surface area (Å²) < 4.78 is 18.0. The molecule has 1 aromatic carbocycles. The van der Waals surface area contributed by atoms with Crippen molar-refractivity contribution in [3.8, 4) is 11.5 Å². The molecular formula is C35H49NO10. The Morgan fingerprint density at radius 3 is 2.50 bits per heavy atom. The molecule has 3 aliphatic heterocycles. The summed E-state index contributed by atoms with van der Waals surface area (Å²) in [6.07, 6.45) is 0.301. The third-order valence-corrected chi connectivity index (χ3v) is 14.5. The molecule has 3 saturated heterocycles. The van der Waals surface area contributed by atoms with Gasteiger partial charge < -0.3 is 44.8 Å². The van der Waals surface area contributed by atoms with Gasteiger partial charge in [0.1, 0.15) is 11.7 Å². The van der Waals surface area contributed by atoms with Gasteiger partial charge in [0.05, 0.1) is 30.0 Å². The van der Waals surface area contributed by atoms with Gasteiger partial charge in [0, 0.05) is 42.3 Å². The number of rotatable bonds is 3. The Bertz CT molecular complexity index is 1440. The van der Waals surface area contributed by atoms with Crippen molar-refractivity contribution in [2.75, 3.05) is 20.2 Å². The first-order chi connectivity index (χ1) is 21.6. The molecule has 4 saturated carbocycles. The fourth-order valence-corrected chi connectivity index (χ4v) is 12.5. The molecule has 15 atom stereocenters. The van der Waals surface area contributed by atoms with Gasteiger partial charge in [-0.05, 0) is 87.8 Å². The number of aliphatic hydroxyl groups excluding tert-OH is 2. The lowest BCUT2D eigenvalue weighted by Gasteiger charge is -2.63. The van der Waals surface area contributed by atoms with Crippen molar-refractivity contribution in [1.29, 1.82) is 0 Å². The number of hydrogen-bond acceptors (Lipinski definition) is 11. The highest BCUT2D eigenvalue weighted by atomic mass is 16.7. The first-order valence-corrected chi connectivity index (χ1v) is 17.2. The number of nitrogens with zero attached hydrogens (tertiary/aromatic N) is 1. The van der Waals surface area contributed by atoms with E-state index < -0.39 is 70.0 Å². The fraction of sp³-hybridized carbons (Fsp3) is 0.800. The van der Waals surface area contributed by atoms with E-state index in [1.54, 1.807) is 6.92 Å². The maximum Gasteiger partial charge on any atom is 0.338 e. The second-order valence-electron chi connectivity index (χ2n) is 16.4. The van der Waals surface area contributed by atoms with E-state index in [9.17, 15) is 35.4 Å². The monoisotopic (exact) mass is 643 g/mol. The quantitative estimate of drug-likeness (QED) is 0.266. The molecule has 7 fully saturated rings. The number of benzene rings is 1. The minimum Gasteiger partial charge on any atom is -0.504 e. The lowest BCUT2D eigenvalue weighted by atomic mass is 9.49. The molecule has 4 bridgehead atoms. The lowest BCUT2D eigenvalue weighted by molar-refractivity contribution is -0.290.